The molecule has 0 radical (unpaired) electrons. The molecule has 0 aliphatic carbocycles. The number of anilines is 2. The van der Waals surface area contributed by atoms with Gasteiger partial charge >= 0.3 is 0 Å². The van der Waals surface area contributed by atoms with Crippen molar-refractivity contribution in [2.24, 2.45) is 0 Å². The highest BCUT2D eigenvalue weighted by Crippen LogP contribution is 2.28. The second kappa shape index (κ2) is 8.63. The molecule has 162 valence electrons. The molecular weight excluding hydrogens is 405 g/mol. The van der Waals surface area contributed by atoms with Crippen LogP contribution in [0.15, 0.2) is 73.3 Å². The molecule has 1 atom stereocenters. The van der Waals surface area contributed by atoms with Crippen molar-refractivity contribution in [3.05, 3.63) is 95.8 Å². The Balaban J connectivity index is 1.73. The minimum Gasteiger partial charge on any atom is -0.361 e. The van der Waals surface area contributed by atoms with E-state index in [4.69, 9.17) is 0 Å². The molecule has 2 aromatic carbocycles. The lowest BCUT2D eigenvalue weighted by Crippen LogP contribution is -2.37. The molecule has 2 aromatic heterocycles. The molecule has 0 fully saturated rings. The van der Waals surface area contributed by atoms with E-state index >= 15 is 0 Å². The molecule has 1 amide bonds. The van der Waals surface area contributed by atoms with Gasteiger partial charge in [0.2, 0.25) is 0 Å². The Bertz CT molecular complexity index is 1290. The summed E-state index contributed by atoms with van der Waals surface area (Å²) in [6, 6.07) is 13.1. The van der Waals surface area contributed by atoms with Gasteiger partial charge in [0.25, 0.3) is 5.91 Å². The van der Waals surface area contributed by atoms with Gasteiger partial charge in [-0.3, -0.25) is 9.69 Å². The molecule has 7 heteroatoms. The maximum absolute atomic E-state index is 14.1. The van der Waals surface area contributed by atoms with Crippen LogP contribution in [0, 0.1) is 19.7 Å². The first kappa shape index (κ1) is 21.2. The second-order valence-electron chi connectivity index (χ2n) is 7.71. The number of aryl methyl sites for hydroxylation is 2. The van der Waals surface area contributed by atoms with E-state index < -0.39 is 5.82 Å². The van der Waals surface area contributed by atoms with Crippen LogP contribution in [-0.2, 0) is 0 Å². The van der Waals surface area contributed by atoms with Crippen LogP contribution in [0.4, 0.5) is 15.9 Å². The van der Waals surface area contributed by atoms with E-state index in [-0.39, 0.29) is 11.9 Å². The summed E-state index contributed by atoms with van der Waals surface area (Å²) in [6.45, 7) is 9.86. The van der Waals surface area contributed by atoms with Gasteiger partial charge in [-0.05, 0) is 56.2 Å². The van der Waals surface area contributed by atoms with Crippen molar-refractivity contribution in [1.82, 2.24) is 15.0 Å². The average molecular weight is 429 g/mol. The van der Waals surface area contributed by atoms with Gasteiger partial charge in [-0.15, -0.1) is 0 Å². The summed E-state index contributed by atoms with van der Waals surface area (Å²) in [5.74, 6) is -0.0806. The molecule has 4 aromatic rings. The number of nitrogens with zero attached hydrogens (tertiary/aromatic N) is 3. The Labute approximate surface area is 185 Å². The Morgan fingerprint density at radius 2 is 1.84 bits per heavy atom. The smallest absolute Gasteiger partial charge is 0.263 e. The SMILES string of the molecule is C=C([C@H](C)Nc1ncnc2[nH]ccc12)N(C(=O)c1c(C)cccc1C)c1cccc(F)c1. The number of halogens is 1. The predicted octanol–water partition coefficient (Wildman–Crippen LogP) is 5.37. The molecule has 0 unspecified atom stereocenters. The molecule has 0 saturated carbocycles. The highest BCUT2D eigenvalue weighted by atomic mass is 19.1. The third kappa shape index (κ3) is 3.97. The number of benzene rings is 2. The lowest BCUT2D eigenvalue weighted by atomic mass is 10.0. The summed E-state index contributed by atoms with van der Waals surface area (Å²) in [5, 5.41) is 4.14. The Morgan fingerprint density at radius 1 is 1.12 bits per heavy atom. The van der Waals surface area contributed by atoms with Crippen molar-refractivity contribution in [1.29, 1.82) is 0 Å². The Kier molecular flexibility index (Phi) is 5.73. The van der Waals surface area contributed by atoms with E-state index in [1.807, 2.05) is 45.0 Å². The zero-order valence-corrected chi connectivity index (χ0v) is 18.2. The van der Waals surface area contributed by atoms with Crippen LogP contribution >= 0.6 is 0 Å². The molecule has 32 heavy (non-hydrogen) atoms. The molecule has 0 spiro atoms. The van der Waals surface area contributed by atoms with Gasteiger partial charge < -0.3 is 10.3 Å². The van der Waals surface area contributed by atoms with Crippen molar-refractivity contribution in [3.8, 4) is 0 Å². The molecule has 0 aliphatic heterocycles. The van der Waals surface area contributed by atoms with Crippen LogP contribution in [0.2, 0.25) is 0 Å². The third-order valence-corrected chi connectivity index (χ3v) is 5.46. The largest absolute Gasteiger partial charge is 0.361 e. The van der Waals surface area contributed by atoms with E-state index in [2.05, 4.69) is 26.8 Å². The number of carbonyl (C=O) groups excluding carboxylic acids is 1. The first-order valence-electron chi connectivity index (χ1n) is 10.3. The Morgan fingerprint density at radius 3 is 2.56 bits per heavy atom. The summed E-state index contributed by atoms with van der Waals surface area (Å²) in [6.07, 6.45) is 3.25. The van der Waals surface area contributed by atoms with Gasteiger partial charge in [0.1, 0.15) is 23.6 Å². The molecule has 2 heterocycles. The van der Waals surface area contributed by atoms with E-state index in [1.54, 1.807) is 18.3 Å². The molecule has 0 bridgehead atoms. The van der Waals surface area contributed by atoms with Gasteiger partial charge in [0.15, 0.2) is 0 Å². The molecule has 6 nitrogen and oxygen atoms in total. The summed E-state index contributed by atoms with van der Waals surface area (Å²) < 4.78 is 14.1. The number of hydrogen-bond acceptors (Lipinski definition) is 4. The van der Waals surface area contributed by atoms with Crippen molar-refractivity contribution in [2.45, 2.75) is 26.8 Å². The van der Waals surface area contributed by atoms with Crippen LogP contribution in [0.3, 0.4) is 0 Å². The summed E-state index contributed by atoms with van der Waals surface area (Å²) in [7, 11) is 0. The minimum atomic E-state index is -0.431. The highest BCUT2D eigenvalue weighted by molar-refractivity contribution is 6.10. The molecule has 2 N–H and O–H groups in total. The Hall–Kier alpha value is -4.00. The molecule has 0 saturated heterocycles. The zero-order chi connectivity index (χ0) is 22.8. The number of aromatic amines is 1. The summed E-state index contributed by atoms with van der Waals surface area (Å²) in [4.78, 5) is 26.8. The molecule has 0 aliphatic rings. The van der Waals surface area contributed by atoms with Crippen LogP contribution in [0.25, 0.3) is 11.0 Å². The van der Waals surface area contributed by atoms with Crippen LogP contribution in [0.5, 0.6) is 0 Å². The monoisotopic (exact) mass is 429 g/mol. The molecular formula is C25H24FN5O. The number of rotatable bonds is 6. The first-order valence-corrected chi connectivity index (χ1v) is 10.3. The number of aromatic nitrogens is 3. The standard InChI is InChI=1S/C25H24FN5O/c1-15-7-5-8-16(2)22(15)25(32)31(20-10-6-9-19(26)13-20)18(4)17(3)30-24-21-11-12-27-23(21)28-14-29-24/h5-14,17H,4H2,1-3H3,(H2,27,28,29,30)/t17-/m0/s1. The van der Waals surface area contributed by atoms with E-state index in [0.717, 1.165) is 16.5 Å². The second-order valence-corrected chi connectivity index (χ2v) is 7.71. The van der Waals surface area contributed by atoms with E-state index in [0.29, 0.717) is 28.4 Å². The maximum Gasteiger partial charge on any atom is 0.263 e. The fraction of sp³-hybridized carbons (Fsp3) is 0.160. The number of fused-ring (bicyclic) bond motifs is 1. The third-order valence-electron chi connectivity index (χ3n) is 5.46. The number of amides is 1. The summed E-state index contributed by atoms with van der Waals surface area (Å²) >= 11 is 0. The number of H-pyrrole nitrogens is 1. The van der Waals surface area contributed by atoms with Crippen molar-refractivity contribution < 1.29 is 9.18 Å². The van der Waals surface area contributed by atoms with Crippen LogP contribution in [-0.4, -0.2) is 26.9 Å². The van der Waals surface area contributed by atoms with Crippen molar-refractivity contribution in [2.75, 3.05) is 10.2 Å². The number of carbonyl (C=O) groups is 1. The van der Waals surface area contributed by atoms with Gasteiger partial charge in [-0.1, -0.05) is 30.8 Å². The normalized spacial score (nSPS) is 11.9. The number of nitrogens with one attached hydrogen (secondary N) is 2. The maximum atomic E-state index is 14.1. The van der Waals surface area contributed by atoms with Crippen LogP contribution < -0.4 is 10.2 Å². The predicted molar refractivity (Wildman–Crippen MR) is 125 cm³/mol. The summed E-state index contributed by atoms with van der Waals surface area (Å²) in [5.41, 5.74) is 3.83. The van der Waals surface area contributed by atoms with Gasteiger partial charge in [-0.2, -0.15) is 0 Å². The molecule has 4 rings (SSSR count). The minimum absolute atomic E-state index is 0.265. The van der Waals surface area contributed by atoms with E-state index in [1.165, 1.54) is 23.4 Å². The topological polar surface area (TPSA) is 73.9 Å². The van der Waals surface area contributed by atoms with Gasteiger partial charge in [0, 0.05) is 17.5 Å². The van der Waals surface area contributed by atoms with Gasteiger partial charge in [0.05, 0.1) is 17.1 Å². The van der Waals surface area contributed by atoms with E-state index in [9.17, 15) is 9.18 Å². The first-order chi connectivity index (χ1) is 15.4. The average Bonchev–Trinajstić information content (AvgIpc) is 3.24. The van der Waals surface area contributed by atoms with Crippen LogP contribution in [0.1, 0.15) is 28.4 Å². The zero-order valence-electron chi connectivity index (χ0n) is 18.2. The fourth-order valence-corrected chi connectivity index (χ4v) is 3.76. The number of hydrogen-bond donors (Lipinski definition) is 2. The lowest BCUT2D eigenvalue weighted by molar-refractivity contribution is 0.0992. The highest BCUT2D eigenvalue weighted by Gasteiger charge is 2.27. The fourth-order valence-electron chi connectivity index (χ4n) is 3.76. The van der Waals surface area contributed by atoms with Crippen molar-refractivity contribution >= 4 is 28.4 Å². The quantitative estimate of drug-likeness (QED) is 0.432. The van der Waals surface area contributed by atoms with Crippen molar-refractivity contribution in [3.63, 3.8) is 0 Å². The van der Waals surface area contributed by atoms with Gasteiger partial charge in [-0.25, -0.2) is 14.4 Å². The lowest BCUT2D eigenvalue weighted by Gasteiger charge is -2.30.